The fourth-order valence-electron chi connectivity index (χ4n) is 5.33. The summed E-state index contributed by atoms with van der Waals surface area (Å²) in [6, 6.07) is 15.6. The van der Waals surface area contributed by atoms with E-state index in [1.165, 1.54) is 30.2 Å². The zero-order valence-electron chi connectivity index (χ0n) is 16.7. The summed E-state index contributed by atoms with van der Waals surface area (Å²) >= 11 is 0. The van der Waals surface area contributed by atoms with Crippen LogP contribution in [0, 0.1) is 5.82 Å². The molecule has 152 valence electrons. The molecular weight excluding hydrogens is 377 g/mol. The second kappa shape index (κ2) is 6.59. The minimum Gasteiger partial charge on any atom is -0.326 e. The van der Waals surface area contributed by atoms with E-state index in [0.717, 1.165) is 19.5 Å². The Kier molecular flexibility index (Phi) is 3.95. The van der Waals surface area contributed by atoms with Gasteiger partial charge >= 0.3 is 0 Å². The molecule has 3 aliphatic rings. The van der Waals surface area contributed by atoms with Crippen LogP contribution < -0.4 is 10.6 Å². The van der Waals surface area contributed by atoms with Gasteiger partial charge in [0.05, 0.1) is 6.17 Å². The highest BCUT2D eigenvalue weighted by Crippen LogP contribution is 2.62. The summed E-state index contributed by atoms with van der Waals surface area (Å²) < 4.78 is 14.2. The molecule has 30 heavy (non-hydrogen) atoms. The number of hydrogen-bond acceptors (Lipinski definition) is 5. The number of hydrogen-bond donors (Lipinski definition) is 1. The third-order valence-electron chi connectivity index (χ3n) is 6.87. The summed E-state index contributed by atoms with van der Waals surface area (Å²) in [6.07, 6.45) is 7.00. The van der Waals surface area contributed by atoms with Gasteiger partial charge in [-0.15, -0.1) is 0 Å². The molecule has 2 N–H and O–H groups in total. The molecule has 6 heteroatoms. The van der Waals surface area contributed by atoms with Gasteiger partial charge in [-0.2, -0.15) is 0 Å². The van der Waals surface area contributed by atoms with E-state index < -0.39 is 0 Å². The lowest BCUT2D eigenvalue weighted by molar-refractivity contribution is 0.210. The average molecular weight is 401 g/mol. The summed E-state index contributed by atoms with van der Waals surface area (Å²) in [5.41, 5.74) is 10.2. The highest BCUT2D eigenvalue weighted by atomic mass is 19.1. The monoisotopic (exact) mass is 401 g/mol. The zero-order chi connectivity index (χ0) is 20.3. The van der Waals surface area contributed by atoms with Gasteiger partial charge in [0.25, 0.3) is 0 Å². The molecule has 0 amide bonds. The maximum absolute atomic E-state index is 14.2. The van der Waals surface area contributed by atoms with Crippen LogP contribution in [0.15, 0.2) is 60.9 Å². The second-order valence-corrected chi connectivity index (χ2v) is 8.71. The third-order valence-corrected chi connectivity index (χ3v) is 6.87. The summed E-state index contributed by atoms with van der Waals surface area (Å²) in [6.45, 7) is 1.88. The Morgan fingerprint density at radius 2 is 1.73 bits per heavy atom. The summed E-state index contributed by atoms with van der Waals surface area (Å²) in [7, 11) is 0. The van der Waals surface area contributed by atoms with Crippen LogP contribution in [-0.4, -0.2) is 40.2 Å². The van der Waals surface area contributed by atoms with Crippen molar-refractivity contribution >= 4 is 11.6 Å². The summed E-state index contributed by atoms with van der Waals surface area (Å²) in [5.74, 6) is 0.401. The van der Waals surface area contributed by atoms with Gasteiger partial charge in [-0.05, 0) is 37.0 Å². The van der Waals surface area contributed by atoms with Gasteiger partial charge in [-0.3, -0.25) is 9.80 Å². The van der Waals surface area contributed by atoms with Gasteiger partial charge in [0, 0.05) is 53.8 Å². The van der Waals surface area contributed by atoms with Crippen LogP contribution in [0.5, 0.6) is 0 Å². The lowest BCUT2D eigenvalue weighted by Gasteiger charge is -2.36. The van der Waals surface area contributed by atoms with Gasteiger partial charge in [-0.25, -0.2) is 14.4 Å². The number of fused-ring (bicyclic) bond motifs is 2. The number of rotatable bonds is 3. The molecule has 0 bridgehead atoms. The predicted molar refractivity (Wildman–Crippen MR) is 115 cm³/mol. The number of likely N-dealkylation sites (tertiary alicyclic amines) is 1. The van der Waals surface area contributed by atoms with Crippen molar-refractivity contribution in [3.05, 3.63) is 72.3 Å². The predicted octanol–water partition coefficient (Wildman–Crippen LogP) is 3.83. The summed E-state index contributed by atoms with van der Waals surface area (Å²) in [5, 5.41) is 0. The highest BCUT2D eigenvalue weighted by Gasteiger charge is 2.61. The Bertz CT molecular complexity index is 1090. The molecule has 3 heterocycles. The normalized spacial score (nSPS) is 24.4. The lowest BCUT2D eigenvalue weighted by atomic mass is 9.95. The first kappa shape index (κ1) is 18.0. The Morgan fingerprint density at radius 3 is 2.43 bits per heavy atom. The van der Waals surface area contributed by atoms with Crippen molar-refractivity contribution in [2.24, 2.45) is 5.73 Å². The Balaban J connectivity index is 1.43. The number of halogens is 1. The van der Waals surface area contributed by atoms with Crippen molar-refractivity contribution in [1.82, 2.24) is 14.9 Å². The number of para-hydroxylation sites is 1. The Labute approximate surface area is 175 Å². The fraction of sp³-hybridized carbons (Fsp3) is 0.333. The first-order chi connectivity index (χ1) is 14.7. The van der Waals surface area contributed by atoms with Crippen molar-refractivity contribution in [1.29, 1.82) is 0 Å². The molecule has 3 aromatic rings. The number of nitrogens with two attached hydrogens (primary N) is 1. The van der Waals surface area contributed by atoms with Crippen molar-refractivity contribution in [3.8, 4) is 11.1 Å². The van der Waals surface area contributed by atoms with Crippen LogP contribution in [0.25, 0.3) is 11.1 Å². The minimum absolute atomic E-state index is 0.133. The maximum Gasteiger partial charge on any atom is 0.231 e. The molecule has 2 fully saturated rings. The van der Waals surface area contributed by atoms with Gasteiger partial charge in [0.1, 0.15) is 5.82 Å². The Hall–Kier alpha value is -2.83. The van der Waals surface area contributed by atoms with Crippen molar-refractivity contribution in [3.63, 3.8) is 0 Å². The molecule has 1 spiro atoms. The van der Waals surface area contributed by atoms with Crippen LogP contribution in [-0.2, 0) is 5.41 Å². The topological polar surface area (TPSA) is 58.3 Å². The van der Waals surface area contributed by atoms with Crippen molar-refractivity contribution in [2.75, 3.05) is 18.0 Å². The molecule has 1 saturated heterocycles. The molecule has 1 saturated carbocycles. The van der Waals surface area contributed by atoms with Crippen molar-refractivity contribution < 1.29 is 4.39 Å². The molecule has 5 nitrogen and oxygen atoms in total. The largest absolute Gasteiger partial charge is 0.326 e. The standard InChI is InChI=1S/C24H24FN5/c25-20-7-3-1-5-18(20)16-13-27-23(28-14-16)30-21-8-4-2-6-19(21)24(10-11-24)22(30)29-12-9-17(26)15-29/h1-8,13-14,17,22H,9-12,15,26H2/t17-,22?/m1/s1. The van der Waals surface area contributed by atoms with E-state index in [1.807, 2.05) is 6.07 Å². The molecule has 0 radical (unpaired) electrons. The first-order valence-electron chi connectivity index (χ1n) is 10.6. The van der Waals surface area contributed by atoms with E-state index in [2.05, 4.69) is 34.1 Å². The molecule has 1 aromatic heterocycles. The van der Waals surface area contributed by atoms with Crippen LogP contribution in [0.1, 0.15) is 24.8 Å². The van der Waals surface area contributed by atoms with Gasteiger partial charge in [-0.1, -0.05) is 36.4 Å². The molecule has 2 aliphatic heterocycles. The zero-order valence-corrected chi connectivity index (χ0v) is 16.7. The third kappa shape index (κ3) is 2.60. The van der Waals surface area contributed by atoms with Crippen molar-refractivity contribution in [2.45, 2.75) is 36.9 Å². The van der Waals surface area contributed by atoms with Crippen LogP contribution in [0.2, 0.25) is 0 Å². The summed E-state index contributed by atoms with van der Waals surface area (Å²) in [4.78, 5) is 14.2. The lowest BCUT2D eigenvalue weighted by Crippen LogP contribution is -2.49. The van der Waals surface area contributed by atoms with Crippen LogP contribution in [0.4, 0.5) is 16.0 Å². The second-order valence-electron chi connectivity index (χ2n) is 8.71. The molecule has 6 rings (SSSR count). The van der Waals surface area contributed by atoms with E-state index in [-0.39, 0.29) is 23.4 Å². The molecule has 2 atom stereocenters. The average Bonchev–Trinajstić information content (AvgIpc) is 3.37. The smallest absolute Gasteiger partial charge is 0.231 e. The van der Waals surface area contributed by atoms with E-state index in [0.29, 0.717) is 17.1 Å². The minimum atomic E-state index is -0.263. The van der Waals surface area contributed by atoms with Gasteiger partial charge in [0.15, 0.2) is 0 Å². The van der Waals surface area contributed by atoms with E-state index in [9.17, 15) is 4.39 Å². The number of nitrogens with zero attached hydrogens (tertiary/aromatic N) is 4. The van der Waals surface area contributed by atoms with E-state index >= 15 is 0 Å². The fourth-order valence-corrected chi connectivity index (χ4v) is 5.33. The maximum atomic E-state index is 14.2. The molecule has 1 unspecified atom stereocenters. The quantitative estimate of drug-likeness (QED) is 0.723. The van der Waals surface area contributed by atoms with Crippen LogP contribution >= 0.6 is 0 Å². The first-order valence-corrected chi connectivity index (χ1v) is 10.6. The molecular formula is C24H24FN5. The number of aromatic nitrogens is 2. The van der Waals surface area contributed by atoms with Gasteiger partial charge in [0.2, 0.25) is 5.95 Å². The Morgan fingerprint density at radius 1 is 1.00 bits per heavy atom. The molecule has 2 aromatic carbocycles. The van der Waals surface area contributed by atoms with Gasteiger partial charge < -0.3 is 5.73 Å². The number of benzene rings is 2. The SMILES string of the molecule is N[C@@H]1CCN(C2N(c3ncc(-c4ccccc4F)cn3)c3ccccc3C23CC3)C1. The molecule has 1 aliphatic carbocycles. The van der Waals surface area contributed by atoms with E-state index in [1.54, 1.807) is 24.5 Å². The van der Waals surface area contributed by atoms with E-state index in [4.69, 9.17) is 15.7 Å². The number of anilines is 2. The van der Waals surface area contributed by atoms with Crippen LogP contribution in [0.3, 0.4) is 0 Å². The highest BCUT2D eigenvalue weighted by molar-refractivity contribution is 5.73.